The van der Waals surface area contributed by atoms with Gasteiger partial charge in [0.15, 0.2) is 0 Å². The summed E-state index contributed by atoms with van der Waals surface area (Å²) >= 11 is 0. The van der Waals surface area contributed by atoms with E-state index in [2.05, 4.69) is 19.2 Å². The van der Waals surface area contributed by atoms with Crippen molar-refractivity contribution in [3.05, 3.63) is 0 Å². The highest BCUT2D eigenvalue weighted by Crippen LogP contribution is 1.94. The van der Waals surface area contributed by atoms with Gasteiger partial charge < -0.3 is 10.1 Å². The van der Waals surface area contributed by atoms with E-state index in [1.165, 1.54) is 12.8 Å². The summed E-state index contributed by atoms with van der Waals surface area (Å²) in [5, 5.41) is 3.36. The molecule has 0 saturated carbocycles. The zero-order valence-electron chi connectivity index (χ0n) is 7.60. The maximum Gasteiger partial charge on any atom is 0.120 e. The third-order valence-corrected chi connectivity index (χ3v) is 1.74. The number of carbonyl (C=O) groups is 1. The zero-order valence-corrected chi connectivity index (χ0v) is 7.60. The van der Waals surface area contributed by atoms with Crippen molar-refractivity contribution in [2.24, 2.45) is 0 Å². The standard InChI is InChI=1S/C9H19NO/c1-3-4-7-10-9(2)6-5-8-11/h8-10H,3-7H2,1-2H3. The number of carbonyl (C=O) groups excluding carboxylic acids is 1. The summed E-state index contributed by atoms with van der Waals surface area (Å²) in [7, 11) is 0. The van der Waals surface area contributed by atoms with E-state index in [4.69, 9.17) is 0 Å². The summed E-state index contributed by atoms with van der Waals surface area (Å²) in [6.07, 6.45) is 5.09. The molecule has 0 fully saturated rings. The molecule has 0 rings (SSSR count). The van der Waals surface area contributed by atoms with Gasteiger partial charge in [-0.05, 0) is 26.3 Å². The summed E-state index contributed by atoms with van der Waals surface area (Å²) in [6, 6.07) is 0.492. The van der Waals surface area contributed by atoms with E-state index in [0.717, 1.165) is 19.3 Å². The minimum atomic E-state index is 0.492. The summed E-state index contributed by atoms with van der Waals surface area (Å²) < 4.78 is 0. The van der Waals surface area contributed by atoms with Crippen LogP contribution in [0.2, 0.25) is 0 Å². The molecule has 1 N–H and O–H groups in total. The number of hydrogen-bond acceptors (Lipinski definition) is 2. The number of unbranched alkanes of at least 4 members (excludes halogenated alkanes) is 1. The first-order valence-electron chi connectivity index (χ1n) is 4.48. The lowest BCUT2D eigenvalue weighted by molar-refractivity contribution is -0.108. The van der Waals surface area contributed by atoms with Crippen LogP contribution in [-0.2, 0) is 4.79 Å². The molecule has 0 amide bonds. The molecule has 0 heterocycles. The molecule has 11 heavy (non-hydrogen) atoms. The molecule has 66 valence electrons. The molecule has 0 aromatic heterocycles. The smallest absolute Gasteiger partial charge is 0.120 e. The highest BCUT2D eigenvalue weighted by Gasteiger charge is 1.98. The van der Waals surface area contributed by atoms with Gasteiger partial charge in [-0.15, -0.1) is 0 Å². The van der Waals surface area contributed by atoms with Crippen LogP contribution in [0.5, 0.6) is 0 Å². The van der Waals surface area contributed by atoms with E-state index in [1.807, 2.05) is 0 Å². The van der Waals surface area contributed by atoms with Gasteiger partial charge in [-0.3, -0.25) is 0 Å². The van der Waals surface area contributed by atoms with E-state index in [-0.39, 0.29) is 0 Å². The van der Waals surface area contributed by atoms with Gasteiger partial charge in [0.2, 0.25) is 0 Å². The Bertz CT molecular complexity index is 93.6. The fraction of sp³-hybridized carbons (Fsp3) is 0.889. The van der Waals surface area contributed by atoms with Crippen molar-refractivity contribution in [1.29, 1.82) is 0 Å². The fourth-order valence-corrected chi connectivity index (χ4v) is 0.945. The van der Waals surface area contributed by atoms with Crippen molar-refractivity contribution >= 4 is 6.29 Å². The Hall–Kier alpha value is -0.370. The van der Waals surface area contributed by atoms with Gasteiger partial charge in [-0.1, -0.05) is 13.3 Å². The van der Waals surface area contributed by atoms with Gasteiger partial charge in [0.1, 0.15) is 6.29 Å². The van der Waals surface area contributed by atoms with Crippen LogP contribution in [0.15, 0.2) is 0 Å². The normalized spacial score (nSPS) is 12.9. The highest BCUT2D eigenvalue weighted by molar-refractivity contribution is 5.49. The SMILES string of the molecule is CCCCNC(C)CCC=O. The van der Waals surface area contributed by atoms with Crippen molar-refractivity contribution < 1.29 is 4.79 Å². The maximum atomic E-state index is 10.0. The summed E-state index contributed by atoms with van der Waals surface area (Å²) in [6.45, 7) is 5.38. The third kappa shape index (κ3) is 7.53. The van der Waals surface area contributed by atoms with Crippen molar-refractivity contribution in [3.8, 4) is 0 Å². The van der Waals surface area contributed by atoms with E-state index < -0.39 is 0 Å². The molecule has 2 heteroatoms. The quantitative estimate of drug-likeness (QED) is 0.450. The minimum Gasteiger partial charge on any atom is -0.314 e. The van der Waals surface area contributed by atoms with E-state index in [1.54, 1.807) is 0 Å². The lowest BCUT2D eigenvalue weighted by atomic mass is 10.2. The number of aldehydes is 1. The Morgan fingerprint density at radius 2 is 2.27 bits per heavy atom. The summed E-state index contributed by atoms with van der Waals surface area (Å²) in [4.78, 5) is 10.0. The van der Waals surface area contributed by atoms with Crippen LogP contribution in [-0.4, -0.2) is 18.9 Å². The second-order valence-electron chi connectivity index (χ2n) is 2.95. The summed E-state index contributed by atoms with van der Waals surface area (Å²) in [5.74, 6) is 0. The summed E-state index contributed by atoms with van der Waals surface area (Å²) in [5.41, 5.74) is 0. The van der Waals surface area contributed by atoms with Gasteiger partial charge in [0.05, 0.1) is 0 Å². The van der Waals surface area contributed by atoms with Crippen LogP contribution in [0, 0.1) is 0 Å². The molecule has 0 aliphatic rings. The first-order chi connectivity index (χ1) is 5.31. The second kappa shape index (κ2) is 7.73. The van der Waals surface area contributed by atoms with E-state index in [0.29, 0.717) is 12.5 Å². The highest BCUT2D eigenvalue weighted by atomic mass is 16.1. The number of rotatable bonds is 7. The van der Waals surface area contributed by atoms with Crippen LogP contribution >= 0.6 is 0 Å². The van der Waals surface area contributed by atoms with Crippen LogP contribution in [0.25, 0.3) is 0 Å². The van der Waals surface area contributed by atoms with E-state index >= 15 is 0 Å². The topological polar surface area (TPSA) is 29.1 Å². The molecule has 0 aromatic rings. The van der Waals surface area contributed by atoms with Gasteiger partial charge >= 0.3 is 0 Å². The van der Waals surface area contributed by atoms with E-state index in [9.17, 15) is 4.79 Å². The Morgan fingerprint density at radius 3 is 2.82 bits per heavy atom. The largest absolute Gasteiger partial charge is 0.314 e. The van der Waals surface area contributed by atoms with Crippen LogP contribution in [0.1, 0.15) is 39.5 Å². The Kier molecular flexibility index (Phi) is 7.47. The Morgan fingerprint density at radius 1 is 1.55 bits per heavy atom. The Balaban J connectivity index is 3.08. The molecule has 0 aromatic carbocycles. The van der Waals surface area contributed by atoms with Crippen LogP contribution in [0.3, 0.4) is 0 Å². The predicted molar refractivity (Wildman–Crippen MR) is 47.7 cm³/mol. The van der Waals surface area contributed by atoms with Crippen molar-refractivity contribution in [2.45, 2.75) is 45.6 Å². The molecule has 0 radical (unpaired) electrons. The predicted octanol–water partition coefficient (Wildman–Crippen LogP) is 1.74. The van der Waals surface area contributed by atoms with Crippen molar-refractivity contribution in [3.63, 3.8) is 0 Å². The minimum absolute atomic E-state index is 0.492. The average molecular weight is 157 g/mol. The van der Waals surface area contributed by atoms with Gasteiger partial charge in [-0.2, -0.15) is 0 Å². The first-order valence-corrected chi connectivity index (χ1v) is 4.48. The monoisotopic (exact) mass is 157 g/mol. The molecule has 1 atom stereocenters. The average Bonchev–Trinajstić information content (AvgIpc) is 2.01. The number of nitrogens with one attached hydrogen (secondary N) is 1. The molecular formula is C9H19NO. The molecule has 0 bridgehead atoms. The van der Waals surface area contributed by atoms with Crippen LogP contribution < -0.4 is 5.32 Å². The first kappa shape index (κ1) is 10.6. The lowest BCUT2D eigenvalue weighted by Gasteiger charge is -2.10. The third-order valence-electron chi connectivity index (χ3n) is 1.74. The molecular weight excluding hydrogens is 138 g/mol. The van der Waals surface area contributed by atoms with Crippen LogP contribution in [0.4, 0.5) is 0 Å². The van der Waals surface area contributed by atoms with Gasteiger partial charge in [-0.25, -0.2) is 0 Å². The lowest BCUT2D eigenvalue weighted by Crippen LogP contribution is -2.26. The zero-order chi connectivity index (χ0) is 8.53. The molecule has 1 unspecified atom stereocenters. The molecule has 0 spiro atoms. The number of hydrogen-bond donors (Lipinski definition) is 1. The Labute approximate surface area is 69.4 Å². The maximum absolute atomic E-state index is 10.0. The van der Waals surface area contributed by atoms with Gasteiger partial charge in [0, 0.05) is 12.5 Å². The van der Waals surface area contributed by atoms with Crippen molar-refractivity contribution in [1.82, 2.24) is 5.32 Å². The molecule has 0 saturated heterocycles. The molecule has 0 aliphatic carbocycles. The van der Waals surface area contributed by atoms with Gasteiger partial charge in [0.25, 0.3) is 0 Å². The molecule has 0 aliphatic heterocycles. The van der Waals surface area contributed by atoms with Crippen molar-refractivity contribution in [2.75, 3.05) is 6.54 Å². The second-order valence-corrected chi connectivity index (χ2v) is 2.95. The molecule has 2 nitrogen and oxygen atoms in total. The fourth-order valence-electron chi connectivity index (χ4n) is 0.945.